The fourth-order valence-electron chi connectivity index (χ4n) is 5.95. The first kappa shape index (κ1) is 32.4. The first-order valence-electron chi connectivity index (χ1n) is 15.2. The van der Waals surface area contributed by atoms with Crippen LogP contribution in [0.5, 0.6) is 11.5 Å². The van der Waals surface area contributed by atoms with Crippen molar-refractivity contribution in [3.8, 4) is 22.8 Å². The van der Waals surface area contributed by atoms with Gasteiger partial charge in [-0.3, -0.25) is 24.2 Å². The van der Waals surface area contributed by atoms with Gasteiger partial charge in [0.05, 0.1) is 31.2 Å². The third kappa shape index (κ3) is 7.48. The number of nitrogens with zero attached hydrogens (tertiary/aromatic N) is 4. The van der Waals surface area contributed by atoms with E-state index in [0.29, 0.717) is 54.9 Å². The average Bonchev–Trinajstić information content (AvgIpc) is 3.63. The van der Waals surface area contributed by atoms with E-state index in [-0.39, 0.29) is 24.2 Å². The summed E-state index contributed by atoms with van der Waals surface area (Å²) in [5, 5.41) is 2.42. The third-order valence-electron chi connectivity index (χ3n) is 8.28. The van der Waals surface area contributed by atoms with Gasteiger partial charge in [-0.15, -0.1) is 11.3 Å². The second kappa shape index (κ2) is 13.2. The molecule has 1 aromatic heterocycles. The minimum absolute atomic E-state index is 0.0131. The molecule has 240 valence electrons. The molecule has 0 radical (unpaired) electrons. The van der Waals surface area contributed by atoms with Gasteiger partial charge in [0, 0.05) is 50.7 Å². The van der Waals surface area contributed by atoms with Crippen molar-refractivity contribution >= 4 is 34.3 Å². The van der Waals surface area contributed by atoms with E-state index in [1.807, 2.05) is 75.7 Å². The zero-order valence-electron chi connectivity index (χ0n) is 26.9. The number of fused-ring (bicyclic) bond motifs is 1. The molecule has 2 aromatic carbocycles. The van der Waals surface area contributed by atoms with Crippen molar-refractivity contribution in [3.05, 3.63) is 59.0 Å². The maximum Gasteiger partial charge on any atom is 0.307 e. The van der Waals surface area contributed by atoms with Crippen molar-refractivity contribution < 1.29 is 28.6 Å². The van der Waals surface area contributed by atoms with Crippen LogP contribution in [0.2, 0.25) is 0 Å². The molecule has 0 spiro atoms. The van der Waals surface area contributed by atoms with Crippen LogP contribution in [0, 0.1) is 5.41 Å². The van der Waals surface area contributed by atoms with Gasteiger partial charge in [-0.2, -0.15) is 0 Å². The first-order chi connectivity index (χ1) is 21.4. The molecule has 1 saturated heterocycles. The van der Waals surface area contributed by atoms with Crippen LogP contribution in [0.15, 0.2) is 47.8 Å². The highest BCUT2D eigenvalue weighted by Crippen LogP contribution is 2.43. The number of benzene rings is 2. The molecule has 1 aliphatic heterocycles. The van der Waals surface area contributed by atoms with Crippen molar-refractivity contribution in [1.29, 1.82) is 0 Å². The number of carbonyl (C=O) groups excluding carboxylic acids is 3. The molecule has 0 bridgehead atoms. The maximum absolute atomic E-state index is 14.2. The number of hydrogen-bond acceptors (Lipinski definition) is 9. The molecule has 0 saturated carbocycles. The Morgan fingerprint density at radius 3 is 2.44 bits per heavy atom. The summed E-state index contributed by atoms with van der Waals surface area (Å²) in [6.45, 7) is 8.54. The zero-order valence-corrected chi connectivity index (χ0v) is 27.7. The SMILES string of the molecule is COc1cc(OCCN2CCN(C)C(=O)C2)ccc1-c1csc(N(C)C(=O)C2(CC(=O)OC(C)(C)C)Cc3ccccc3C2)n1. The smallest absolute Gasteiger partial charge is 0.307 e. The van der Waals surface area contributed by atoms with Crippen LogP contribution in [-0.4, -0.2) is 92.2 Å². The molecule has 2 aliphatic rings. The van der Waals surface area contributed by atoms with Gasteiger partial charge >= 0.3 is 5.97 Å². The molecule has 1 aliphatic carbocycles. The van der Waals surface area contributed by atoms with Crippen LogP contribution in [0.3, 0.4) is 0 Å². The largest absolute Gasteiger partial charge is 0.496 e. The standard InChI is InChI=1S/C34H42N4O6S/c1-33(2,3)44-30(40)20-34(18-23-9-7-8-10-24(23)19-34)31(41)37(5)32-35-27(22-45-32)26-12-11-25(17-28(26)42-6)43-16-15-38-14-13-36(4)29(39)21-38/h7-12,17,22H,13-16,18-21H2,1-6H3. The van der Waals surface area contributed by atoms with E-state index < -0.39 is 11.0 Å². The number of rotatable bonds is 10. The first-order valence-corrected chi connectivity index (χ1v) is 16.1. The average molecular weight is 635 g/mol. The van der Waals surface area contributed by atoms with Gasteiger partial charge in [0.15, 0.2) is 5.13 Å². The van der Waals surface area contributed by atoms with Gasteiger partial charge in [-0.05, 0) is 56.9 Å². The lowest BCUT2D eigenvalue weighted by molar-refractivity contribution is -0.159. The summed E-state index contributed by atoms with van der Waals surface area (Å²) in [6.07, 6.45) is 0.912. The Hall–Kier alpha value is -3.96. The molecule has 11 heteroatoms. The van der Waals surface area contributed by atoms with Crippen molar-refractivity contribution in [2.75, 3.05) is 58.9 Å². The molecule has 5 rings (SSSR count). The Kier molecular flexibility index (Phi) is 9.50. The Morgan fingerprint density at radius 2 is 1.80 bits per heavy atom. The van der Waals surface area contributed by atoms with E-state index >= 15 is 0 Å². The van der Waals surface area contributed by atoms with E-state index in [4.69, 9.17) is 19.2 Å². The van der Waals surface area contributed by atoms with Crippen LogP contribution >= 0.6 is 11.3 Å². The fraction of sp³-hybridized carbons (Fsp3) is 0.471. The van der Waals surface area contributed by atoms with Crippen molar-refractivity contribution in [2.45, 2.75) is 45.6 Å². The van der Waals surface area contributed by atoms with E-state index in [1.165, 1.54) is 11.3 Å². The molecule has 3 aromatic rings. The van der Waals surface area contributed by atoms with E-state index in [0.717, 1.165) is 29.8 Å². The van der Waals surface area contributed by atoms with Crippen molar-refractivity contribution in [3.63, 3.8) is 0 Å². The predicted octanol–water partition coefficient (Wildman–Crippen LogP) is 4.45. The topological polar surface area (TPSA) is 102 Å². The number of aromatic nitrogens is 1. The van der Waals surface area contributed by atoms with Gasteiger partial charge in [0.2, 0.25) is 11.8 Å². The molecular formula is C34H42N4O6S. The normalized spacial score (nSPS) is 16.3. The number of amides is 2. The third-order valence-corrected chi connectivity index (χ3v) is 9.19. The molecule has 45 heavy (non-hydrogen) atoms. The Labute approximate surface area is 268 Å². The fourth-order valence-corrected chi connectivity index (χ4v) is 6.74. The van der Waals surface area contributed by atoms with Gasteiger partial charge in [-0.25, -0.2) is 4.98 Å². The van der Waals surface area contributed by atoms with Gasteiger partial charge in [0.1, 0.15) is 23.7 Å². The number of esters is 1. The summed E-state index contributed by atoms with van der Waals surface area (Å²) in [5.41, 5.74) is 1.99. The molecule has 1 fully saturated rings. The summed E-state index contributed by atoms with van der Waals surface area (Å²) >= 11 is 1.36. The van der Waals surface area contributed by atoms with E-state index in [9.17, 15) is 14.4 Å². The lowest BCUT2D eigenvalue weighted by Crippen LogP contribution is -2.49. The quantitative estimate of drug-likeness (QED) is 0.302. The van der Waals surface area contributed by atoms with Crippen LogP contribution in [0.4, 0.5) is 5.13 Å². The molecule has 0 unspecified atom stereocenters. The van der Waals surface area contributed by atoms with Gasteiger partial charge in [0.25, 0.3) is 0 Å². The number of anilines is 1. The molecule has 2 amide bonds. The summed E-state index contributed by atoms with van der Waals surface area (Å²) in [4.78, 5) is 49.4. The van der Waals surface area contributed by atoms with E-state index in [2.05, 4.69) is 4.90 Å². The molecule has 2 heterocycles. The predicted molar refractivity (Wildman–Crippen MR) is 174 cm³/mol. The lowest BCUT2D eigenvalue weighted by atomic mass is 9.80. The molecule has 0 N–H and O–H groups in total. The Balaban J connectivity index is 1.29. The second-order valence-corrected chi connectivity index (χ2v) is 13.7. The lowest BCUT2D eigenvalue weighted by Gasteiger charge is -2.32. The summed E-state index contributed by atoms with van der Waals surface area (Å²) in [7, 11) is 5.13. The highest BCUT2D eigenvalue weighted by Gasteiger charge is 2.48. The van der Waals surface area contributed by atoms with Crippen LogP contribution in [-0.2, 0) is 32.0 Å². The number of piperazine rings is 1. The van der Waals surface area contributed by atoms with E-state index in [1.54, 1.807) is 24.0 Å². The maximum atomic E-state index is 14.2. The van der Waals surface area contributed by atoms with Crippen LogP contribution in [0.25, 0.3) is 11.3 Å². The van der Waals surface area contributed by atoms with Gasteiger partial charge in [-0.1, -0.05) is 24.3 Å². The number of likely N-dealkylation sites (N-methyl/N-ethyl adjacent to an activating group) is 1. The highest BCUT2D eigenvalue weighted by atomic mass is 32.1. The number of methoxy groups -OCH3 is 1. The number of carbonyl (C=O) groups is 3. The van der Waals surface area contributed by atoms with Crippen LogP contribution < -0.4 is 14.4 Å². The minimum atomic E-state index is -0.958. The Morgan fingerprint density at radius 1 is 1.09 bits per heavy atom. The number of thiazole rings is 1. The molecular weight excluding hydrogens is 592 g/mol. The minimum Gasteiger partial charge on any atom is -0.496 e. The number of ether oxygens (including phenoxy) is 3. The highest BCUT2D eigenvalue weighted by molar-refractivity contribution is 7.14. The zero-order chi connectivity index (χ0) is 32.4. The summed E-state index contributed by atoms with van der Waals surface area (Å²) in [6, 6.07) is 13.6. The monoisotopic (exact) mass is 634 g/mol. The van der Waals surface area contributed by atoms with Crippen molar-refractivity contribution in [1.82, 2.24) is 14.8 Å². The van der Waals surface area contributed by atoms with Crippen molar-refractivity contribution in [2.24, 2.45) is 5.41 Å². The number of hydrogen-bond donors (Lipinski definition) is 0. The second-order valence-electron chi connectivity index (χ2n) is 12.8. The summed E-state index contributed by atoms with van der Waals surface area (Å²) in [5.74, 6) is 0.822. The van der Waals surface area contributed by atoms with Gasteiger partial charge < -0.3 is 19.1 Å². The van der Waals surface area contributed by atoms with Crippen LogP contribution in [0.1, 0.15) is 38.3 Å². The molecule has 10 nitrogen and oxygen atoms in total. The molecule has 0 atom stereocenters. The summed E-state index contributed by atoms with van der Waals surface area (Å²) < 4.78 is 17.3. The Bertz CT molecular complexity index is 1540.